The van der Waals surface area contributed by atoms with Gasteiger partial charge in [0.05, 0.1) is 12.2 Å². The van der Waals surface area contributed by atoms with Crippen LogP contribution in [-0.2, 0) is 14.8 Å². The molecule has 0 saturated carbocycles. The third-order valence-electron chi connectivity index (χ3n) is 5.16. The van der Waals surface area contributed by atoms with Gasteiger partial charge < -0.3 is 20.3 Å². The van der Waals surface area contributed by atoms with Crippen molar-refractivity contribution >= 4 is 15.7 Å². The number of nitrogens with zero attached hydrogens (tertiary/aromatic N) is 1. The lowest BCUT2D eigenvalue weighted by Crippen LogP contribution is -2.37. The Morgan fingerprint density at radius 2 is 1.78 bits per heavy atom. The number of anilines is 1. The molecule has 176 valence electrons. The number of nitrogens with one attached hydrogen (secondary N) is 1. The summed E-state index contributed by atoms with van der Waals surface area (Å²) in [6.07, 6.45) is -2.71. The molecule has 0 aliphatic carbocycles. The van der Waals surface area contributed by atoms with Gasteiger partial charge >= 0.3 is 0 Å². The van der Waals surface area contributed by atoms with Crippen LogP contribution in [0.5, 0.6) is 0 Å². The van der Waals surface area contributed by atoms with Gasteiger partial charge in [-0.1, -0.05) is 6.07 Å². The van der Waals surface area contributed by atoms with Crippen LogP contribution >= 0.6 is 0 Å². The molecule has 2 aromatic carbocycles. The Morgan fingerprint density at radius 1 is 1.12 bits per heavy atom. The molecule has 2 aromatic rings. The summed E-state index contributed by atoms with van der Waals surface area (Å²) in [5.74, 6) is -5.73. The summed E-state index contributed by atoms with van der Waals surface area (Å²) in [6.45, 7) is -0.170. The summed E-state index contributed by atoms with van der Waals surface area (Å²) >= 11 is 0. The molecule has 0 bridgehead atoms. The van der Waals surface area contributed by atoms with E-state index in [-0.39, 0.29) is 37.2 Å². The van der Waals surface area contributed by atoms with E-state index in [9.17, 15) is 36.2 Å². The zero-order chi connectivity index (χ0) is 23.6. The highest BCUT2D eigenvalue weighted by Gasteiger charge is 2.33. The Bertz CT molecular complexity index is 1060. The number of aliphatic hydroxyl groups is 2. The predicted octanol–water partition coefficient (Wildman–Crippen LogP) is 2.51. The van der Waals surface area contributed by atoms with Crippen molar-refractivity contribution in [2.24, 2.45) is 0 Å². The van der Waals surface area contributed by atoms with Crippen LogP contribution in [0.3, 0.4) is 0 Å². The van der Waals surface area contributed by atoms with Crippen LogP contribution in [-0.4, -0.2) is 55.3 Å². The first-order valence-corrected chi connectivity index (χ1v) is 11.1. The van der Waals surface area contributed by atoms with Gasteiger partial charge in [-0.3, -0.25) is 0 Å². The van der Waals surface area contributed by atoms with Gasteiger partial charge in [-0.2, -0.15) is 4.31 Å². The van der Waals surface area contributed by atoms with Gasteiger partial charge in [0, 0.05) is 50.0 Å². The van der Waals surface area contributed by atoms with Gasteiger partial charge in [0.15, 0.2) is 23.7 Å². The fourth-order valence-electron chi connectivity index (χ4n) is 3.40. The molecule has 1 heterocycles. The minimum absolute atomic E-state index is 0.0675. The summed E-state index contributed by atoms with van der Waals surface area (Å²) in [4.78, 5) is -0.724. The van der Waals surface area contributed by atoms with Crippen molar-refractivity contribution in [3.63, 3.8) is 0 Å². The van der Waals surface area contributed by atoms with Crippen molar-refractivity contribution in [3.05, 3.63) is 59.2 Å². The van der Waals surface area contributed by atoms with Crippen molar-refractivity contribution < 1.29 is 40.9 Å². The monoisotopic (exact) mass is 478 g/mol. The number of hydrogen-bond donors (Lipinski definition) is 3. The zero-order valence-corrected chi connectivity index (χ0v) is 17.8. The van der Waals surface area contributed by atoms with E-state index in [1.54, 1.807) is 0 Å². The zero-order valence-electron chi connectivity index (χ0n) is 16.9. The van der Waals surface area contributed by atoms with Crippen LogP contribution < -0.4 is 5.32 Å². The van der Waals surface area contributed by atoms with Gasteiger partial charge in [0.2, 0.25) is 10.0 Å². The summed E-state index contributed by atoms with van der Waals surface area (Å²) in [5, 5.41) is 22.6. The van der Waals surface area contributed by atoms with Crippen molar-refractivity contribution in [3.8, 4) is 0 Å². The SMILES string of the molecule is COC1CC(O)CCN(S(=O)(=O)c2cc(C(O)Nc3cc(F)c(F)c(F)c3)ccc2F)C1. The van der Waals surface area contributed by atoms with Crippen molar-refractivity contribution in [1.82, 2.24) is 4.31 Å². The van der Waals surface area contributed by atoms with E-state index in [2.05, 4.69) is 5.32 Å². The lowest BCUT2D eigenvalue weighted by molar-refractivity contribution is 0.0508. The van der Waals surface area contributed by atoms with Crippen molar-refractivity contribution in [1.29, 1.82) is 0 Å². The van der Waals surface area contributed by atoms with Gasteiger partial charge in [-0.15, -0.1) is 0 Å². The van der Waals surface area contributed by atoms with Crippen molar-refractivity contribution in [2.45, 2.75) is 36.2 Å². The van der Waals surface area contributed by atoms with E-state index >= 15 is 0 Å². The number of halogens is 4. The van der Waals surface area contributed by atoms with E-state index in [4.69, 9.17) is 4.74 Å². The lowest BCUT2D eigenvalue weighted by atomic mass is 10.1. The molecular weight excluding hydrogens is 456 g/mol. The molecule has 3 unspecified atom stereocenters. The van der Waals surface area contributed by atoms with Crippen LogP contribution in [0.15, 0.2) is 35.2 Å². The quantitative estimate of drug-likeness (QED) is 0.335. The lowest BCUT2D eigenvalue weighted by Gasteiger charge is -2.24. The minimum Gasteiger partial charge on any atom is -0.393 e. The number of rotatable bonds is 6. The normalized spacial score (nSPS) is 21.2. The topological polar surface area (TPSA) is 99.1 Å². The molecule has 1 aliphatic rings. The molecule has 0 radical (unpaired) electrons. The number of methoxy groups -OCH3 is 1. The number of aliphatic hydroxyl groups excluding tert-OH is 2. The summed E-state index contributed by atoms with van der Waals surface area (Å²) in [7, 11) is -3.00. The Balaban J connectivity index is 1.89. The highest BCUT2D eigenvalue weighted by atomic mass is 32.2. The Labute approximate surface area is 182 Å². The molecule has 0 spiro atoms. The molecule has 0 amide bonds. The maximum atomic E-state index is 14.5. The third-order valence-corrected chi connectivity index (χ3v) is 7.04. The van der Waals surface area contributed by atoms with Gasteiger partial charge in [-0.05, 0) is 18.6 Å². The highest BCUT2D eigenvalue weighted by molar-refractivity contribution is 7.89. The summed E-state index contributed by atoms with van der Waals surface area (Å²) in [5.41, 5.74) is -0.430. The van der Waals surface area contributed by atoms with Crippen molar-refractivity contribution in [2.75, 3.05) is 25.5 Å². The fourth-order valence-corrected chi connectivity index (χ4v) is 4.99. The van der Waals surface area contributed by atoms with Gasteiger partial charge in [0.25, 0.3) is 0 Å². The van der Waals surface area contributed by atoms with Crippen LogP contribution in [0.1, 0.15) is 24.6 Å². The molecule has 32 heavy (non-hydrogen) atoms. The minimum atomic E-state index is -4.37. The fraction of sp³-hybridized carbons (Fsp3) is 0.400. The van der Waals surface area contributed by atoms with E-state index < -0.39 is 56.6 Å². The maximum Gasteiger partial charge on any atom is 0.246 e. The smallest absolute Gasteiger partial charge is 0.246 e. The predicted molar refractivity (Wildman–Crippen MR) is 106 cm³/mol. The summed E-state index contributed by atoms with van der Waals surface area (Å²) < 4.78 is 86.8. The molecule has 1 fully saturated rings. The standard InChI is InChI=1S/C20H22F4N2O5S/c1-31-14-9-13(27)4-5-26(10-14)32(29,30)18-6-11(2-3-15(18)21)20(28)25-12-7-16(22)19(24)17(23)8-12/h2-3,6-8,13-14,20,25,27-28H,4-5,9-10H2,1H3. The number of ether oxygens (including phenoxy) is 1. The van der Waals surface area contributed by atoms with Crippen LogP contribution in [0, 0.1) is 23.3 Å². The highest BCUT2D eigenvalue weighted by Crippen LogP contribution is 2.28. The Kier molecular flexibility index (Phi) is 7.40. The molecule has 3 N–H and O–H groups in total. The molecule has 7 nitrogen and oxygen atoms in total. The number of hydrogen-bond acceptors (Lipinski definition) is 6. The summed E-state index contributed by atoms with van der Waals surface area (Å²) in [6, 6.07) is 4.03. The maximum absolute atomic E-state index is 14.5. The first kappa shape index (κ1) is 24.4. The van der Waals surface area contributed by atoms with Crippen LogP contribution in [0.2, 0.25) is 0 Å². The van der Waals surface area contributed by atoms with E-state index in [1.807, 2.05) is 0 Å². The average Bonchev–Trinajstić information content (AvgIpc) is 2.93. The second kappa shape index (κ2) is 9.71. The third kappa shape index (κ3) is 5.21. The van der Waals surface area contributed by atoms with Gasteiger partial charge in [-0.25, -0.2) is 26.0 Å². The average molecular weight is 478 g/mol. The van der Waals surface area contributed by atoms with E-state index in [0.717, 1.165) is 22.5 Å². The van der Waals surface area contributed by atoms with Crippen LogP contribution in [0.25, 0.3) is 0 Å². The molecule has 1 aliphatic heterocycles. The first-order chi connectivity index (χ1) is 15.0. The number of benzene rings is 2. The largest absolute Gasteiger partial charge is 0.393 e. The Hall–Kier alpha value is -2.25. The number of sulfonamides is 1. The second-order valence-corrected chi connectivity index (χ2v) is 9.30. The first-order valence-electron chi connectivity index (χ1n) is 9.62. The van der Waals surface area contributed by atoms with Gasteiger partial charge in [0.1, 0.15) is 10.7 Å². The molecule has 1 saturated heterocycles. The van der Waals surface area contributed by atoms with E-state index in [1.165, 1.54) is 7.11 Å². The van der Waals surface area contributed by atoms with Crippen LogP contribution in [0.4, 0.5) is 23.2 Å². The van der Waals surface area contributed by atoms with E-state index in [0.29, 0.717) is 12.1 Å². The molecule has 3 atom stereocenters. The second-order valence-electron chi connectivity index (χ2n) is 7.39. The molecule has 0 aromatic heterocycles. The molecular formula is C20H22F4N2O5S. The molecule has 12 heteroatoms. The molecule has 3 rings (SSSR count). The Morgan fingerprint density at radius 3 is 2.41 bits per heavy atom.